The van der Waals surface area contributed by atoms with Crippen molar-refractivity contribution in [1.82, 2.24) is 29.6 Å². The lowest BCUT2D eigenvalue weighted by Crippen LogP contribution is -2.49. The van der Waals surface area contributed by atoms with Crippen LogP contribution in [0, 0.1) is 34.5 Å². The van der Waals surface area contributed by atoms with E-state index in [4.69, 9.17) is 29.2 Å². The van der Waals surface area contributed by atoms with Crippen LogP contribution in [0.4, 0.5) is 0 Å². The molecule has 4 heterocycles. The standard InChI is InChI=1S/C31H39N3O8S.C25H29N3O6S.C6H12O3/c1-6-20-15-31(20,29(37)33-43(39,40)23-8-9-23)16-26(35)25-14-22(17-34(25)28(36)18(2)30(3,4)38)42-27-24-10-7-21(41-5)13-19(24)11-12-32-27;1-3-16-12-25(16,24(30)28-35(31,32)19-5-6-19)13-22(29)21-11-18(14-27-21)34-23-20-7-4-17(33-2)10-15(20)8-9-26-23;1-4(5(7)8)6(2,3)9/h6-7,10-13,18,20,22-23,25,38H,1,8-9,14-17H2,2-5H3,(H,33,37);3-4,7-10,16,18-19,21,27H,1,5-6,11-14H2,2H3,(H,28,30);4,9H,1-3H3,(H,7,8)/t18-,20-,22?,25+,31-;16-,18?,21+,25-;4-/m111/s1. The second-order valence-corrected chi connectivity index (χ2v) is 28.9. The van der Waals surface area contributed by atoms with Gasteiger partial charge in [-0.25, -0.2) is 26.8 Å². The van der Waals surface area contributed by atoms with Gasteiger partial charge < -0.3 is 44.5 Å². The van der Waals surface area contributed by atoms with E-state index in [0.717, 1.165) is 27.3 Å². The number of ketones is 2. The number of nitrogens with one attached hydrogen (secondary N) is 3. The van der Waals surface area contributed by atoms with Crippen LogP contribution >= 0.6 is 0 Å². The van der Waals surface area contributed by atoms with E-state index >= 15 is 0 Å². The summed E-state index contributed by atoms with van der Waals surface area (Å²) in [6, 6.07) is 13.4. The molecule has 87 heavy (non-hydrogen) atoms. The Labute approximate surface area is 507 Å². The summed E-state index contributed by atoms with van der Waals surface area (Å²) in [6.45, 7) is 17.2. The molecule has 472 valence electrons. The predicted octanol–water partition coefficient (Wildman–Crippen LogP) is 5.35. The number of fused-ring (bicyclic) bond motifs is 2. The number of aliphatic hydroxyl groups is 2. The minimum absolute atomic E-state index is 0.0353. The summed E-state index contributed by atoms with van der Waals surface area (Å²) in [7, 11) is -4.29. The summed E-state index contributed by atoms with van der Waals surface area (Å²) < 4.78 is 77.0. The van der Waals surface area contributed by atoms with E-state index in [0.29, 0.717) is 62.6 Å². The Morgan fingerprint density at radius 2 is 1.15 bits per heavy atom. The van der Waals surface area contributed by atoms with Gasteiger partial charge in [-0.3, -0.25) is 38.2 Å². The molecule has 2 aromatic carbocycles. The Kier molecular flexibility index (Phi) is 19.4. The van der Waals surface area contributed by atoms with Crippen molar-refractivity contribution >= 4 is 76.8 Å². The molecule has 6 N–H and O–H groups in total. The number of aromatic nitrogens is 2. The number of hydrogen-bond acceptors (Lipinski definition) is 19. The number of carboxylic acids is 1. The minimum Gasteiger partial charge on any atom is -0.497 e. The average molecular weight is 1250 g/mol. The Hall–Kier alpha value is -7.06. The molecule has 23 nitrogen and oxygen atoms in total. The van der Waals surface area contributed by atoms with Crippen LogP contribution in [-0.4, -0.2) is 156 Å². The van der Waals surface area contributed by atoms with E-state index in [1.165, 1.54) is 39.5 Å². The molecule has 2 aliphatic heterocycles. The van der Waals surface area contributed by atoms with Crippen LogP contribution in [-0.2, 0) is 48.8 Å². The van der Waals surface area contributed by atoms with Gasteiger partial charge in [0.25, 0.3) is 0 Å². The molecule has 2 unspecified atom stereocenters. The molecule has 2 aromatic heterocycles. The van der Waals surface area contributed by atoms with Crippen molar-refractivity contribution in [2.24, 2.45) is 34.5 Å². The fourth-order valence-corrected chi connectivity index (χ4v) is 13.7. The first-order valence-electron chi connectivity index (χ1n) is 29.1. The van der Waals surface area contributed by atoms with Gasteiger partial charge in [0, 0.05) is 55.4 Å². The van der Waals surface area contributed by atoms with E-state index in [1.807, 2.05) is 42.5 Å². The maximum Gasteiger partial charge on any atom is 0.309 e. The summed E-state index contributed by atoms with van der Waals surface area (Å²) in [5.74, 6) is -3.07. The first kappa shape index (κ1) is 65.9. The number of sulfonamides is 2. The first-order valence-corrected chi connectivity index (χ1v) is 32.2. The van der Waals surface area contributed by atoms with Crippen LogP contribution in [0.15, 0.2) is 86.2 Å². The van der Waals surface area contributed by atoms with E-state index in [2.05, 4.69) is 37.9 Å². The summed E-state index contributed by atoms with van der Waals surface area (Å²) in [5.41, 5.74) is -4.75. The monoisotopic (exact) mass is 1240 g/mol. The van der Waals surface area contributed by atoms with Gasteiger partial charge in [0.2, 0.25) is 49.5 Å². The topological polar surface area (TPSA) is 333 Å². The molecule has 4 saturated carbocycles. The minimum atomic E-state index is -3.81. The second-order valence-electron chi connectivity index (χ2n) is 25.0. The average Bonchev–Trinajstić information content (AvgIpc) is 1.59. The fourth-order valence-electron chi connectivity index (χ4n) is 11.0. The highest BCUT2D eigenvalue weighted by Crippen LogP contribution is 2.58. The summed E-state index contributed by atoms with van der Waals surface area (Å²) in [6.07, 6.45) is 8.74. The number of allylic oxidation sites excluding steroid dienone is 2. The zero-order chi connectivity index (χ0) is 63.8. The quantitative estimate of drug-likeness (QED) is 0.0482. The number of amides is 3. The van der Waals surface area contributed by atoms with E-state index in [9.17, 15) is 50.7 Å². The zero-order valence-electron chi connectivity index (χ0n) is 50.3. The maximum atomic E-state index is 13.9. The number of rotatable bonds is 24. The maximum absolute atomic E-state index is 13.9. The highest BCUT2D eigenvalue weighted by atomic mass is 32.2. The number of pyridine rings is 2. The lowest BCUT2D eigenvalue weighted by Gasteiger charge is -2.32. The normalized spacial score (nSPS) is 25.7. The van der Waals surface area contributed by atoms with Crippen LogP contribution in [0.1, 0.15) is 106 Å². The zero-order valence-corrected chi connectivity index (χ0v) is 51.9. The van der Waals surface area contributed by atoms with Crippen LogP contribution in [0.3, 0.4) is 0 Å². The molecule has 10 rings (SSSR count). The van der Waals surface area contributed by atoms with Crippen molar-refractivity contribution in [3.63, 3.8) is 0 Å². The number of likely N-dealkylation sites (tertiary alicyclic amines) is 1. The molecule has 0 radical (unpaired) electrons. The molecule has 4 aliphatic carbocycles. The highest BCUT2D eigenvalue weighted by molar-refractivity contribution is 7.91. The summed E-state index contributed by atoms with van der Waals surface area (Å²) >= 11 is 0. The van der Waals surface area contributed by atoms with E-state index in [1.54, 1.807) is 51.8 Å². The number of Topliss-reactive ketones (excluding diaryl/α,β-unsaturated/α-hetero) is 2. The van der Waals surface area contributed by atoms with Gasteiger partial charge in [-0.1, -0.05) is 19.1 Å². The number of benzene rings is 2. The third kappa shape index (κ3) is 15.1. The number of carbonyl (C=O) groups excluding carboxylic acids is 5. The molecule has 6 fully saturated rings. The Bertz CT molecular complexity index is 3560. The first-order chi connectivity index (χ1) is 40.8. The third-order valence-electron chi connectivity index (χ3n) is 17.8. The fraction of sp³-hybridized carbons (Fsp3) is 0.548. The lowest BCUT2D eigenvalue weighted by molar-refractivity contribution is -0.149. The highest BCUT2D eigenvalue weighted by Gasteiger charge is 2.63. The summed E-state index contributed by atoms with van der Waals surface area (Å²) in [4.78, 5) is 87.3. The Morgan fingerprint density at radius 1 is 0.701 bits per heavy atom. The van der Waals surface area contributed by atoms with E-state index < -0.39 is 106 Å². The SMILES string of the molecule is C=C[C@@H]1C[C@]1(CC(=O)[C@@H]1CC(Oc2nccc3cc(OC)ccc23)CN1)C(=O)NS(=O)(=O)C1CC1.C=C[C@@H]1C[C@]1(CC(=O)[C@@H]1CC(Oc2nccc3cc(OC)ccc23)CN1C(=O)[C@@H](C)C(C)(C)O)C(=O)NS(=O)(=O)C1CC1.C[C@H](C(=O)O)C(C)(C)O. The molecule has 4 aromatic rings. The molecule has 2 saturated heterocycles. The summed E-state index contributed by atoms with van der Waals surface area (Å²) in [5, 5.41) is 33.5. The van der Waals surface area contributed by atoms with Crippen molar-refractivity contribution in [2.45, 2.75) is 152 Å². The largest absolute Gasteiger partial charge is 0.497 e. The van der Waals surface area contributed by atoms with Gasteiger partial charge in [0.15, 0.2) is 11.6 Å². The van der Waals surface area contributed by atoms with Crippen LogP contribution in [0.25, 0.3) is 21.5 Å². The Balaban J connectivity index is 0.000000201. The van der Waals surface area contributed by atoms with E-state index in [-0.39, 0.29) is 61.7 Å². The Morgan fingerprint density at radius 3 is 1.54 bits per heavy atom. The number of hydrogen-bond donors (Lipinski definition) is 6. The number of carboxylic acid groups (broad SMARTS) is 1. The molecule has 25 heteroatoms. The van der Waals surface area contributed by atoms with Gasteiger partial charge in [0.1, 0.15) is 23.7 Å². The van der Waals surface area contributed by atoms with Gasteiger partial charge >= 0.3 is 5.97 Å². The van der Waals surface area contributed by atoms with Gasteiger partial charge in [-0.15, -0.1) is 13.2 Å². The molecule has 0 bridgehead atoms. The van der Waals surface area contributed by atoms with Crippen LogP contribution in [0.2, 0.25) is 0 Å². The van der Waals surface area contributed by atoms with Crippen molar-refractivity contribution in [3.05, 3.63) is 86.2 Å². The lowest BCUT2D eigenvalue weighted by atomic mass is 9.89. The van der Waals surface area contributed by atoms with Gasteiger partial charge in [0.05, 0.1) is 77.2 Å². The molecule has 10 atom stereocenters. The van der Waals surface area contributed by atoms with Crippen LogP contribution < -0.4 is 33.7 Å². The van der Waals surface area contributed by atoms with Gasteiger partial charge in [-0.05, 0) is 144 Å². The predicted molar refractivity (Wildman–Crippen MR) is 321 cm³/mol. The molecular weight excluding hydrogens is 1160 g/mol. The van der Waals surface area contributed by atoms with Crippen LogP contribution in [0.5, 0.6) is 23.3 Å². The van der Waals surface area contributed by atoms with Crippen molar-refractivity contribution in [1.29, 1.82) is 0 Å². The molecule has 3 amide bonds. The number of aliphatic carboxylic acids is 1. The number of ether oxygens (including phenoxy) is 4. The van der Waals surface area contributed by atoms with Crippen molar-refractivity contribution in [2.75, 3.05) is 27.3 Å². The molecule has 6 aliphatic rings. The molecule has 0 spiro atoms. The smallest absolute Gasteiger partial charge is 0.309 e. The number of nitrogens with zero attached hydrogens (tertiary/aromatic N) is 3. The second kappa shape index (κ2) is 25.6. The number of methoxy groups -OCH3 is 2. The van der Waals surface area contributed by atoms with Crippen molar-refractivity contribution < 1.29 is 79.9 Å². The third-order valence-corrected chi connectivity index (χ3v) is 21.4. The van der Waals surface area contributed by atoms with Crippen molar-refractivity contribution in [3.8, 4) is 23.3 Å². The van der Waals surface area contributed by atoms with Gasteiger partial charge in [-0.2, -0.15) is 0 Å². The number of carbonyl (C=O) groups is 6. The molecular formula is C62H80N6O17S2.